The first-order chi connectivity index (χ1) is 7.78. The summed E-state index contributed by atoms with van der Waals surface area (Å²) >= 11 is 0. The summed E-state index contributed by atoms with van der Waals surface area (Å²) in [4.78, 5) is 16.1. The molecule has 2 rings (SSSR count). The van der Waals surface area contributed by atoms with Crippen LogP contribution in [0, 0.1) is 0 Å². The summed E-state index contributed by atoms with van der Waals surface area (Å²) < 4.78 is 4.91. The van der Waals surface area contributed by atoms with Gasteiger partial charge < -0.3 is 10.5 Å². The van der Waals surface area contributed by atoms with Crippen LogP contribution >= 0.6 is 0 Å². The van der Waals surface area contributed by atoms with Gasteiger partial charge in [0.2, 0.25) is 5.95 Å². The van der Waals surface area contributed by atoms with Crippen molar-refractivity contribution in [1.82, 2.24) is 19.9 Å². The lowest BCUT2D eigenvalue weighted by atomic mass is 10.2. The van der Waals surface area contributed by atoms with Crippen LogP contribution in [0.25, 0.3) is 0 Å². The minimum atomic E-state index is 0.151. The fourth-order valence-corrected chi connectivity index (χ4v) is 1.25. The van der Waals surface area contributed by atoms with E-state index in [-0.39, 0.29) is 12.0 Å². The zero-order chi connectivity index (χ0) is 11.4. The lowest BCUT2D eigenvalue weighted by Crippen LogP contribution is -2.06. The van der Waals surface area contributed by atoms with E-state index in [9.17, 15) is 0 Å². The van der Waals surface area contributed by atoms with Gasteiger partial charge in [-0.2, -0.15) is 15.0 Å². The number of nitrogens with zero attached hydrogens (tertiary/aromatic N) is 4. The van der Waals surface area contributed by atoms with Crippen LogP contribution in [-0.2, 0) is 6.42 Å². The number of nitrogens with two attached hydrogens (primary N) is 1. The third kappa shape index (κ3) is 2.41. The Morgan fingerprint density at radius 1 is 1.25 bits per heavy atom. The van der Waals surface area contributed by atoms with E-state index in [1.165, 1.54) is 7.11 Å². The fraction of sp³-hybridized carbons (Fsp3) is 0.200. The maximum atomic E-state index is 5.53. The molecule has 2 aromatic heterocycles. The third-order valence-electron chi connectivity index (χ3n) is 1.93. The Balaban J connectivity index is 2.24. The Hall–Kier alpha value is -2.24. The zero-order valence-corrected chi connectivity index (χ0v) is 8.79. The van der Waals surface area contributed by atoms with E-state index in [0.717, 1.165) is 5.69 Å². The summed E-state index contributed by atoms with van der Waals surface area (Å²) in [7, 11) is 1.49. The van der Waals surface area contributed by atoms with E-state index in [4.69, 9.17) is 10.5 Å². The van der Waals surface area contributed by atoms with E-state index in [2.05, 4.69) is 19.9 Å². The first-order valence-electron chi connectivity index (χ1n) is 4.72. The summed E-state index contributed by atoms with van der Waals surface area (Å²) in [5, 5.41) is 0. The maximum Gasteiger partial charge on any atom is 0.321 e. The molecule has 2 heterocycles. The SMILES string of the molecule is COc1nc(N)nc(Cc2ccccn2)n1. The van der Waals surface area contributed by atoms with Crippen molar-refractivity contribution in [2.45, 2.75) is 6.42 Å². The Morgan fingerprint density at radius 3 is 2.81 bits per heavy atom. The highest BCUT2D eigenvalue weighted by Gasteiger charge is 2.05. The standard InChI is InChI=1S/C10H11N5O/c1-16-10-14-8(13-9(11)15-10)6-7-4-2-3-5-12-7/h2-5H,6H2,1H3,(H2,11,13,14,15). The van der Waals surface area contributed by atoms with Crippen molar-refractivity contribution >= 4 is 5.95 Å². The van der Waals surface area contributed by atoms with Crippen molar-refractivity contribution < 1.29 is 4.74 Å². The van der Waals surface area contributed by atoms with E-state index in [1.807, 2.05) is 18.2 Å². The second kappa shape index (κ2) is 4.52. The molecule has 0 aliphatic heterocycles. The highest BCUT2D eigenvalue weighted by Crippen LogP contribution is 2.07. The largest absolute Gasteiger partial charge is 0.467 e. The Kier molecular flexibility index (Phi) is 2.90. The fourth-order valence-electron chi connectivity index (χ4n) is 1.25. The van der Waals surface area contributed by atoms with Gasteiger partial charge in [-0.15, -0.1) is 0 Å². The van der Waals surface area contributed by atoms with Gasteiger partial charge in [0, 0.05) is 11.9 Å². The molecule has 0 atom stereocenters. The van der Waals surface area contributed by atoms with Gasteiger partial charge in [-0.3, -0.25) is 4.98 Å². The summed E-state index contributed by atoms with van der Waals surface area (Å²) in [6.45, 7) is 0. The quantitative estimate of drug-likeness (QED) is 0.803. The van der Waals surface area contributed by atoms with Gasteiger partial charge in [-0.25, -0.2) is 0 Å². The van der Waals surface area contributed by atoms with Crippen LogP contribution in [-0.4, -0.2) is 27.0 Å². The number of rotatable bonds is 3. The minimum Gasteiger partial charge on any atom is -0.467 e. The number of methoxy groups -OCH3 is 1. The van der Waals surface area contributed by atoms with E-state index in [0.29, 0.717) is 12.2 Å². The molecule has 0 bridgehead atoms. The highest BCUT2D eigenvalue weighted by molar-refractivity contribution is 5.20. The molecule has 82 valence electrons. The lowest BCUT2D eigenvalue weighted by molar-refractivity contribution is 0.377. The monoisotopic (exact) mass is 217 g/mol. The van der Waals surface area contributed by atoms with Gasteiger partial charge in [0.15, 0.2) is 0 Å². The topological polar surface area (TPSA) is 86.8 Å². The molecule has 2 aromatic rings. The van der Waals surface area contributed by atoms with Crippen LogP contribution in [0.2, 0.25) is 0 Å². The molecule has 0 saturated carbocycles. The molecule has 0 unspecified atom stereocenters. The third-order valence-corrected chi connectivity index (χ3v) is 1.93. The van der Waals surface area contributed by atoms with Crippen molar-refractivity contribution in [2.75, 3.05) is 12.8 Å². The molecule has 16 heavy (non-hydrogen) atoms. The normalized spacial score (nSPS) is 10.1. The first-order valence-corrected chi connectivity index (χ1v) is 4.72. The molecule has 6 nitrogen and oxygen atoms in total. The van der Waals surface area contributed by atoms with Crippen molar-refractivity contribution in [3.05, 3.63) is 35.9 Å². The van der Waals surface area contributed by atoms with Crippen molar-refractivity contribution in [3.63, 3.8) is 0 Å². The Morgan fingerprint density at radius 2 is 2.12 bits per heavy atom. The van der Waals surface area contributed by atoms with Crippen LogP contribution in [0.15, 0.2) is 24.4 Å². The number of hydrogen-bond donors (Lipinski definition) is 1. The predicted molar refractivity (Wildman–Crippen MR) is 57.8 cm³/mol. The molecule has 0 aromatic carbocycles. The average molecular weight is 217 g/mol. The predicted octanol–water partition coefficient (Wildman–Crippen LogP) is 0.448. The van der Waals surface area contributed by atoms with Gasteiger partial charge in [0.1, 0.15) is 5.82 Å². The van der Waals surface area contributed by atoms with E-state index in [1.54, 1.807) is 6.20 Å². The van der Waals surface area contributed by atoms with Crippen LogP contribution in [0.3, 0.4) is 0 Å². The number of ether oxygens (including phenoxy) is 1. The molecule has 0 radical (unpaired) electrons. The van der Waals surface area contributed by atoms with Crippen LogP contribution < -0.4 is 10.5 Å². The van der Waals surface area contributed by atoms with Gasteiger partial charge in [-0.1, -0.05) is 6.07 Å². The molecule has 0 amide bonds. The second-order valence-electron chi connectivity index (χ2n) is 3.09. The van der Waals surface area contributed by atoms with Gasteiger partial charge in [-0.05, 0) is 12.1 Å². The van der Waals surface area contributed by atoms with Crippen molar-refractivity contribution in [3.8, 4) is 6.01 Å². The molecule has 0 spiro atoms. The average Bonchev–Trinajstić information content (AvgIpc) is 2.29. The summed E-state index contributed by atoms with van der Waals surface area (Å²) in [5.41, 5.74) is 6.40. The smallest absolute Gasteiger partial charge is 0.321 e. The van der Waals surface area contributed by atoms with E-state index >= 15 is 0 Å². The number of nitrogen functional groups attached to an aromatic ring is 1. The number of anilines is 1. The number of aromatic nitrogens is 4. The second-order valence-corrected chi connectivity index (χ2v) is 3.09. The first kappa shape index (κ1) is 10.3. The summed E-state index contributed by atoms with van der Waals surface area (Å²) in [5.74, 6) is 0.695. The highest BCUT2D eigenvalue weighted by atomic mass is 16.5. The maximum absolute atomic E-state index is 5.53. The summed E-state index contributed by atoms with van der Waals surface area (Å²) in [6.07, 6.45) is 2.22. The zero-order valence-electron chi connectivity index (χ0n) is 8.79. The van der Waals surface area contributed by atoms with Gasteiger partial charge in [0.05, 0.1) is 13.5 Å². The van der Waals surface area contributed by atoms with Crippen molar-refractivity contribution in [2.24, 2.45) is 0 Å². The molecular formula is C10H11N5O. The number of pyridine rings is 1. The van der Waals surface area contributed by atoms with Crippen LogP contribution in [0.4, 0.5) is 5.95 Å². The summed E-state index contributed by atoms with van der Waals surface area (Å²) in [6, 6.07) is 5.88. The van der Waals surface area contributed by atoms with E-state index < -0.39 is 0 Å². The Labute approximate surface area is 92.6 Å². The van der Waals surface area contributed by atoms with Crippen LogP contribution in [0.5, 0.6) is 6.01 Å². The molecular weight excluding hydrogens is 206 g/mol. The molecule has 6 heteroatoms. The molecule has 0 saturated heterocycles. The van der Waals surface area contributed by atoms with Gasteiger partial charge >= 0.3 is 6.01 Å². The minimum absolute atomic E-state index is 0.151. The molecule has 0 aliphatic rings. The Bertz CT molecular complexity index is 474. The van der Waals surface area contributed by atoms with Crippen LogP contribution in [0.1, 0.15) is 11.5 Å². The number of hydrogen-bond acceptors (Lipinski definition) is 6. The molecule has 0 aliphatic carbocycles. The molecule has 2 N–H and O–H groups in total. The molecule has 0 fully saturated rings. The lowest BCUT2D eigenvalue weighted by Gasteiger charge is -2.02. The van der Waals surface area contributed by atoms with Gasteiger partial charge in [0.25, 0.3) is 0 Å². The van der Waals surface area contributed by atoms with Crippen molar-refractivity contribution in [1.29, 1.82) is 0 Å².